The third kappa shape index (κ3) is 2.37. The number of carboxylic acids is 1. The van der Waals surface area contributed by atoms with Gasteiger partial charge in [0.25, 0.3) is 0 Å². The number of fused-ring (bicyclic) bond motifs is 2. The lowest BCUT2D eigenvalue weighted by Gasteiger charge is -2.23. The van der Waals surface area contributed by atoms with Crippen LogP contribution in [0.25, 0.3) is 10.9 Å². The van der Waals surface area contributed by atoms with Crippen LogP contribution in [0.2, 0.25) is 0 Å². The first-order chi connectivity index (χ1) is 11.1. The van der Waals surface area contributed by atoms with Crippen molar-refractivity contribution in [2.24, 2.45) is 11.3 Å². The van der Waals surface area contributed by atoms with Crippen molar-refractivity contribution in [3.63, 3.8) is 0 Å². The minimum atomic E-state index is -0.610. The monoisotopic (exact) mass is 374 g/mol. The summed E-state index contributed by atoms with van der Waals surface area (Å²) in [6.07, 6.45) is 4.73. The second-order valence-corrected chi connectivity index (χ2v) is 7.68. The van der Waals surface area contributed by atoms with Gasteiger partial charge in [-0.1, -0.05) is 34.5 Å². The highest BCUT2D eigenvalue weighted by Gasteiger charge is 2.54. The summed E-state index contributed by atoms with van der Waals surface area (Å²) < 4.78 is 1.05. The number of aromatic nitrogens is 1. The van der Waals surface area contributed by atoms with Crippen molar-refractivity contribution in [2.45, 2.75) is 25.8 Å². The van der Waals surface area contributed by atoms with Gasteiger partial charge in [0.2, 0.25) is 0 Å². The van der Waals surface area contributed by atoms with Crippen molar-refractivity contribution in [2.75, 3.05) is 13.1 Å². The third-order valence-corrected chi connectivity index (χ3v) is 6.25. The average Bonchev–Trinajstić information content (AvgIpc) is 3.08. The van der Waals surface area contributed by atoms with E-state index >= 15 is 0 Å². The Morgan fingerprint density at radius 3 is 3.09 bits per heavy atom. The number of halogens is 1. The zero-order valence-electron chi connectivity index (χ0n) is 12.8. The second-order valence-electron chi connectivity index (χ2n) is 6.83. The van der Waals surface area contributed by atoms with E-state index in [1.54, 1.807) is 0 Å². The number of carbonyl (C=O) groups is 1. The Labute approximate surface area is 143 Å². The van der Waals surface area contributed by atoms with Gasteiger partial charge in [-0.05, 0) is 36.5 Å². The fourth-order valence-corrected chi connectivity index (χ4v) is 4.88. The van der Waals surface area contributed by atoms with Crippen LogP contribution in [0.4, 0.5) is 0 Å². The Morgan fingerprint density at radius 2 is 2.30 bits per heavy atom. The largest absolute Gasteiger partial charge is 0.481 e. The first kappa shape index (κ1) is 15.1. The molecule has 1 aromatic carbocycles. The molecular formula is C18H19BrN2O2. The lowest BCUT2D eigenvalue weighted by molar-refractivity contribution is -0.149. The quantitative estimate of drug-likeness (QED) is 0.889. The van der Waals surface area contributed by atoms with Gasteiger partial charge < -0.3 is 5.11 Å². The van der Waals surface area contributed by atoms with E-state index in [0.717, 1.165) is 47.7 Å². The number of hydrogen-bond acceptors (Lipinski definition) is 3. The van der Waals surface area contributed by atoms with Crippen molar-refractivity contribution < 1.29 is 9.90 Å². The molecule has 2 aliphatic rings. The van der Waals surface area contributed by atoms with Gasteiger partial charge in [0.1, 0.15) is 0 Å². The number of carboxylic acid groups (broad SMARTS) is 1. The molecule has 23 heavy (non-hydrogen) atoms. The molecule has 1 aromatic heterocycles. The summed E-state index contributed by atoms with van der Waals surface area (Å²) in [7, 11) is 0. The molecule has 2 fully saturated rings. The van der Waals surface area contributed by atoms with Gasteiger partial charge in [-0.15, -0.1) is 0 Å². The first-order valence-electron chi connectivity index (χ1n) is 8.08. The van der Waals surface area contributed by atoms with Gasteiger partial charge in [-0.25, -0.2) is 0 Å². The van der Waals surface area contributed by atoms with Crippen LogP contribution in [0.1, 0.15) is 24.8 Å². The van der Waals surface area contributed by atoms with E-state index < -0.39 is 11.4 Å². The molecule has 1 aliphatic heterocycles. The van der Waals surface area contributed by atoms with E-state index in [1.165, 1.54) is 5.56 Å². The molecule has 2 aromatic rings. The number of aliphatic carboxylic acids is 1. The zero-order chi connectivity index (χ0) is 16.0. The molecular weight excluding hydrogens is 356 g/mol. The zero-order valence-corrected chi connectivity index (χ0v) is 14.4. The SMILES string of the molecule is O=C(O)[C@@]12CCC[C@H]1CN(Cc1ccc(Br)c3cccnc13)C2. The number of benzene rings is 1. The first-order valence-corrected chi connectivity index (χ1v) is 8.87. The number of hydrogen-bond donors (Lipinski definition) is 1. The second kappa shape index (κ2) is 5.56. The summed E-state index contributed by atoms with van der Waals surface area (Å²) in [5, 5.41) is 10.8. The molecule has 1 aliphatic carbocycles. The van der Waals surface area contributed by atoms with E-state index in [1.807, 2.05) is 12.3 Å². The lowest BCUT2D eigenvalue weighted by Crippen LogP contribution is -2.35. The standard InChI is InChI=1S/C18H19BrN2O2/c19-15-6-5-12(16-14(15)4-2-8-20-16)9-21-10-13-3-1-7-18(13,11-21)17(22)23/h2,4-6,8,13H,1,3,7,9-11H2,(H,22,23)/t13-,18+/m0/s1. The molecule has 0 amide bonds. The van der Waals surface area contributed by atoms with Gasteiger partial charge in [-0.3, -0.25) is 14.7 Å². The van der Waals surface area contributed by atoms with Crippen molar-refractivity contribution in [1.82, 2.24) is 9.88 Å². The van der Waals surface area contributed by atoms with Crippen LogP contribution in [0.3, 0.4) is 0 Å². The summed E-state index contributed by atoms with van der Waals surface area (Å²) in [6.45, 7) is 2.32. The molecule has 2 atom stereocenters. The van der Waals surface area contributed by atoms with Crippen molar-refractivity contribution in [1.29, 1.82) is 0 Å². The van der Waals surface area contributed by atoms with Crippen LogP contribution in [0.15, 0.2) is 34.9 Å². The van der Waals surface area contributed by atoms with Gasteiger partial charge >= 0.3 is 5.97 Å². The Hall–Kier alpha value is -1.46. The Morgan fingerprint density at radius 1 is 1.43 bits per heavy atom. The normalized spacial score (nSPS) is 27.4. The maximum Gasteiger partial charge on any atom is 0.311 e. The van der Waals surface area contributed by atoms with Gasteiger partial charge in [-0.2, -0.15) is 0 Å². The highest BCUT2D eigenvalue weighted by molar-refractivity contribution is 9.10. The fraction of sp³-hybridized carbons (Fsp3) is 0.444. The molecule has 4 nitrogen and oxygen atoms in total. The number of rotatable bonds is 3. The van der Waals surface area contributed by atoms with Crippen LogP contribution in [-0.2, 0) is 11.3 Å². The summed E-state index contributed by atoms with van der Waals surface area (Å²) in [5.41, 5.74) is 1.66. The van der Waals surface area contributed by atoms with Crippen molar-refractivity contribution in [3.05, 3.63) is 40.5 Å². The molecule has 1 N–H and O–H groups in total. The Bertz CT molecular complexity index is 779. The van der Waals surface area contributed by atoms with Crippen LogP contribution < -0.4 is 0 Å². The van der Waals surface area contributed by atoms with Gasteiger partial charge in [0.05, 0.1) is 10.9 Å². The van der Waals surface area contributed by atoms with E-state index in [2.05, 4.69) is 44.0 Å². The van der Waals surface area contributed by atoms with E-state index in [9.17, 15) is 9.90 Å². The molecule has 0 radical (unpaired) electrons. The molecule has 0 spiro atoms. The highest BCUT2D eigenvalue weighted by Crippen LogP contribution is 2.49. The summed E-state index contributed by atoms with van der Waals surface area (Å²) >= 11 is 3.58. The summed E-state index contributed by atoms with van der Waals surface area (Å²) in [6, 6.07) is 8.16. The summed E-state index contributed by atoms with van der Waals surface area (Å²) in [5.74, 6) is -0.309. The van der Waals surface area contributed by atoms with Crippen LogP contribution in [-0.4, -0.2) is 34.0 Å². The number of pyridine rings is 1. The van der Waals surface area contributed by atoms with E-state index in [0.29, 0.717) is 12.5 Å². The van der Waals surface area contributed by atoms with E-state index in [4.69, 9.17) is 0 Å². The molecule has 5 heteroatoms. The Balaban J connectivity index is 1.63. The molecule has 1 saturated heterocycles. The number of likely N-dealkylation sites (tertiary alicyclic amines) is 1. The third-order valence-electron chi connectivity index (χ3n) is 5.56. The molecule has 0 bridgehead atoms. The van der Waals surface area contributed by atoms with Gasteiger partial charge in [0.15, 0.2) is 0 Å². The topological polar surface area (TPSA) is 53.4 Å². The molecule has 120 valence electrons. The fourth-order valence-electron chi connectivity index (χ4n) is 4.43. The maximum absolute atomic E-state index is 11.8. The lowest BCUT2D eigenvalue weighted by atomic mass is 9.81. The number of nitrogens with zero attached hydrogens (tertiary/aromatic N) is 2. The predicted octanol–water partition coefficient (Wildman–Crippen LogP) is 3.68. The smallest absolute Gasteiger partial charge is 0.311 e. The molecule has 1 saturated carbocycles. The van der Waals surface area contributed by atoms with Gasteiger partial charge in [0, 0.05) is 35.7 Å². The molecule has 2 heterocycles. The minimum absolute atomic E-state index is 0.301. The molecule has 4 rings (SSSR count). The highest BCUT2D eigenvalue weighted by atomic mass is 79.9. The summed E-state index contributed by atoms with van der Waals surface area (Å²) in [4.78, 5) is 18.7. The Kier molecular flexibility index (Phi) is 3.65. The van der Waals surface area contributed by atoms with Crippen LogP contribution in [0, 0.1) is 11.3 Å². The van der Waals surface area contributed by atoms with E-state index in [-0.39, 0.29) is 0 Å². The van der Waals surface area contributed by atoms with Crippen LogP contribution >= 0.6 is 15.9 Å². The minimum Gasteiger partial charge on any atom is -0.481 e. The molecule has 0 unspecified atom stereocenters. The maximum atomic E-state index is 11.8. The van der Waals surface area contributed by atoms with Crippen LogP contribution in [0.5, 0.6) is 0 Å². The average molecular weight is 375 g/mol. The predicted molar refractivity (Wildman–Crippen MR) is 92.1 cm³/mol. The van der Waals surface area contributed by atoms with Crippen molar-refractivity contribution in [3.8, 4) is 0 Å². The van der Waals surface area contributed by atoms with Crippen molar-refractivity contribution >= 4 is 32.8 Å².